The molecule has 0 radical (unpaired) electrons. The van der Waals surface area contributed by atoms with Crippen molar-refractivity contribution in [3.63, 3.8) is 0 Å². The van der Waals surface area contributed by atoms with Crippen LogP contribution in [-0.2, 0) is 0 Å². The highest BCUT2D eigenvalue weighted by atomic mass is 32.1. The van der Waals surface area contributed by atoms with Crippen molar-refractivity contribution in [1.82, 2.24) is 9.88 Å². The number of nitrogens with zero attached hydrogens (tertiary/aromatic N) is 2. The van der Waals surface area contributed by atoms with E-state index < -0.39 is 11.6 Å². The Morgan fingerprint density at radius 2 is 2.05 bits per heavy atom. The minimum absolute atomic E-state index is 0.180. The Labute approximate surface area is 131 Å². The van der Waals surface area contributed by atoms with Crippen molar-refractivity contribution in [2.24, 2.45) is 5.92 Å². The van der Waals surface area contributed by atoms with Crippen LogP contribution in [0, 0.1) is 17.6 Å². The van der Waals surface area contributed by atoms with Crippen LogP contribution < -0.4 is 4.74 Å². The van der Waals surface area contributed by atoms with Crippen LogP contribution in [0.15, 0.2) is 24.4 Å². The van der Waals surface area contributed by atoms with Crippen LogP contribution in [0.4, 0.5) is 8.78 Å². The lowest BCUT2D eigenvalue weighted by molar-refractivity contribution is -0.00785. The zero-order valence-corrected chi connectivity index (χ0v) is 12.8. The Hall–Kier alpha value is -1.53. The minimum atomic E-state index is -0.575. The van der Waals surface area contributed by atoms with Crippen molar-refractivity contribution >= 4 is 11.3 Å². The molecule has 1 aromatic carbocycles. The van der Waals surface area contributed by atoms with E-state index in [-0.39, 0.29) is 6.10 Å². The molecule has 1 aromatic heterocycles. The van der Waals surface area contributed by atoms with Crippen LogP contribution in [0.2, 0.25) is 0 Å². The number of fused-ring (bicyclic) bond motifs is 3. The van der Waals surface area contributed by atoms with Gasteiger partial charge in [0.1, 0.15) is 17.7 Å². The Morgan fingerprint density at radius 3 is 2.73 bits per heavy atom. The van der Waals surface area contributed by atoms with Crippen molar-refractivity contribution in [3.05, 3.63) is 36.0 Å². The zero-order valence-electron chi connectivity index (χ0n) is 12.0. The van der Waals surface area contributed by atoms with Crippen molar-refractivity contribution in [1.29, 1.82) is 0 Å². The lowest BCUT2D eigenvalue weighted by Crippen LogP contribution is -2.52. The van der Waals surface area contributed by atoms with E-state index in [0.717, 1.165) is 25.7 Å². The molecule has 116 valence electrons. The van der Waals surface area contributed by atoms with Gasteiger partial charge in [-0.1, -0.05) is 11.3 Å². The van der Waals surface area contributed by atoms with Crippen molar-refractivity contribution in [2.75, 3.05) is 19.6 Å². The van der Waals surface area contributed by atoms with E-state index >= 15 is 0 Å². The van der Waals surface area contributed by atoms with Gasteiger partial charge in [0, 0.05) is 24.4 Å². The third-order valence-electron chi connectivity index (χ3n) is 4.53. The molecule has 0 N–H and O–H groups in total. The van der Waals surface area contributed by atoms with E-state index in [2.05, 4.69) is 9.88 Å². The molecule has 0 spiro atoms. The fourth-order valence-corrected chi connectivity index (χ4v) is 4.15. The Morgan fingerprint density at radius 1 is 1.23 bits per heavy atom. The highest BCUT2D eigenvalue weighted by Gasteiger charge is 2.36. The van der Waals surface area contributed by atoms with Gasteiger partial charge in [0.2, 0.25) is 0 Å². The molecule has 4 heterocycles. The largest absolute Gasteiger partial charge is 0.465 e. The van der Waals surface area contributed by atoms with Gasteiger partial charge >= 0.3 is 0 Å². The van der Waals surface area contributed by atoms with Gasteiger partial charge in [0.05, 0.1) is 4.88 Å². The van der Waals surface area contributed by atoms with E-state index in [9.17, 15) is 8.78 Å². The number of aromatic nitrogens is 1. The van der Waals surface area contributed by atoms with Crippen LogP contribution >= 0.6 is 11.3 Å². The van der Waals surface area contributed by atoms with Gasteiger partial charge in [-0.2, -0.15) is 0 Å². The van der Waals surface area contributed by atoms with Gasteiger partial charge in [-0.05, 0) is 44.0 Å². The van der Waals surface area contributed by atoms with E-state index in [1.54, 1.807) is 6.20 Å². The molecule has 22 heavy (non-hydrogen) atoms. The summed E-state index contributed by atoms with van der Waals surface area (Å²) in [4.78, 5) is 7.33. The third kappa shape index (κ3) is 2.61. The van der Waals surface area contributed by atoms with E-state index in [1.807, 2.05) is 0 Å². The van der Waals surface area contributed by atoms with Gasteiger partial charge < -0.3 is 4.74 Å². The van der Waals surface area contributed by atoms with Gasteiger partial charge in [-0.15, -0.1) is 0 Å². The zero-order chi connectivity index (χ0) is 15.1. The predicted molar refractivity (Wildman–Crippen MR) is 81.0 cm³/mol. The van der Waals surface area contributed by atoms with Crippen LogP contribution in [-0.4, -0.2) is 35.6 Å². The summed E-state index contributed by atoms with van der Waals surface area (Å²) in [7, 11) is 0. The highest BCUT2D eigenvalue weighted by Crippen LogP contribution is 2.35. The van der Waals surface area contributed by atoms with Gasteiger partial charge in [-0.25, -0.2) is 13.8 Å². The molecule has 5 rings (SSSR count). The molecular weight excluding hydrogens is 306 g/mol. The summed E-state index contributed by atoms with van der Waals surface area (Å²) >= 11 is 1.31. The Balaban J connectivity index is 1.52. The monoisotopic (exact) mass is 322 g/mol. The number of thiazole rings is 1. The molecule has 2 aromatic rings. The molecule has 6 heteroatoms. The smallest absolute Gasteiger partial charge is 0.274 e. The Bertz CT molecular complexity index is 683. The van der Waals surface area contributed by atoms with Crippen LogP contribution in [0.5, 0.6) is 5.19 Å². The first kappa shape index (κ1) is 14.1. The summed E-state index contributed by atoms with van der Waals surface area (Å²) in [5.74, 6) is -0.549. The molecule has 0 amide bonds. The molecule has 3 saturated heterocycles. The van der Waals surface area contributed by atoms with Crippen molar-refractivity contribution in [2.45, 2.75) is 18.9 Å². The van der Waals surface area contributed by atoms with Crippen molar-refractivity contribution < 1.29 is 13.5 Å². The molecule has 2 bridgehead atoms. The summed E-state index contributed by atoms with van der Waals surface area (Å²) in [6, 6.07) is 3.59. The molecular formula is C16H16F2N2OS. The number of hydrogen-bond donors (Lipinski definition) is 0. The second-order valence-corrected chi connectivity index (χ2v) is 6.90. The predicted octanol–water partition coefficient (Wildman–Crippen LogP) is 3.56. The molecule has 3 aliphatic heterocycles. The summed E-state index contributed by atoms with van der Waals surface area (Å²) in [6.45, 7) is 3.27. The van der Waals surface area contributed by atoms with Crippen LogP contribution in [0.1, 0.15) is 12.8 Å². The quantitative estimate of drug-likeness (QED) is 0.864. The molecule has 0 saturated carbocycles. The van der Waals surface area contributed by atoms with Gasteiger partial charge in [-0.3, -0.25) is 4.90 Å². The Kier molecular flexibility index (Phi) is 3.58. The number of halogens is 2. The van der Waals surface area contributed by atoms with Gasteiger partial charge in [0.25, 0.3) is 5.19 Å². The number of ether oxygens (including phenoxy) is 1. The molecule has 1 unspecified atom stereocenters. The average Bonchev–Trinajstić information content (AvgIpc) is 2.96. The first-order chi connectivity index (χ1) is 10.7. The summed E-state index contributed by atoms with van der Waals surface area (Å²) in [5.41, 5.74) is 0.364. The standard InChI is InChI=1S/C16H16F2N2OS/c17-11-1-2-12(13(18)7-11)15-8-19-16(22-15)21-14-9-20-5-3-10(14)4-6-20/h1-2,7-8,10,14H,3-6,9H2. The molecule has 3 aliphatic rings. The third-order valence-corrected chi connectivity index (χ3v) is 5.45. The van der Waals surface area contributed by atoms with Crippen LogP contribution in [0.25, 0.3) is 10.4 Å². The second-order valence-electron chi connectivity index (χ2n) is 5.91. The number of hydrogen-bond acceptors (Lipinski definition) is 4. The molecule has 1 atom stereocenters. The first-order valence-corrected chi connectivity index (χ1v) is 8.31. The average molecular weight is 322 g/mol. The molecule has 0 aliphatic carbocycles. The maximum atomic E-state index is 13.8. The maximum Gasteiger partial charge on any atom is 0.274 e. The van der Waals surface area contributed by atoms with E-state index in [0.29, 0.717) is 21.6 Å². The topological polar surface area (TPSA) is 25.4 Å². The fourth-order valence-electron chi connectivity index (χ4n) is 3.30. The number of benzene rings is 1. The lowest BCUT2D eigenvalue weighted by atomic mass is 9.86. The van der Waals surface area contributed by atoms with Gasteiger partial charge in [0.15, 0.2) is 0 Å². The number of piperidine rings is 3. The first-order valence-electron chi connectivity index (χ1n) is 7.49. The summed E-state index contributed by atoms with van der Waals surface area (Å²) in [6.07, 6.45) is 4.13. The highest BCUT2D eigenvalue weighted by molar-refractivity contribution is 7.16. The van der Waals surface area contributed by atoms with Crippen molar-refractivity contribution in [3.8, 4) is 15.6 Å². The second kappa shape index (κ2) is 5.59. The van der Waals surface area contributed by atoms with E-state index in [1.165, 1.54) is 36.3 Å². The maximum absolute atomic E-state index is 13.8. The SMILES string of the molecule is Fc1ccc(-c2cnc(OC3CN4CCC3CC4)s2)c(F)c1. The lowest BCUT2D eigenvalue weighted by Gasteiger charge is -2.43. The minimum Gasteiger partial charge on any atom is -0.465 e. The summed E-state index contributed by atoms with van der Waals surface area (Å²) < 4.78 is 32.8. The van der Waals surface area contributed by atoms with E-state index in [4.69, 9.17) is 4.74 Å². The fraction of sp³-hybridized carbons (Fsp3) is 0.438. The number of rotatable bonds is 3. The normalized spacial score (nSPS) is 27.1. The van der Waals surface area contributed by atoms with Crippen LogP contribution in [0.3, 0.4) is 0 Å². The molecule has 3 fully saturated rings. The molecule has 3 nitrogen and oxygen atoms in total. The summed E-state index contributed by atoms with van der Waals surface area (Å²) in [5, 5.41) is 0.567.